The molecule has 88 valence electrons. The van der Waals surface area contributed by atoms with E-state index in [-0.39, 0.29) is 11.0 Å². The molecule has 0 aromatic heterocycles. The highest BCUT2D eigenvalue weighted by Gasteiger charge is 2.27. The highest BCUT2D eigenvalue weighted by atomic mass is 32.1. The molecule has 0 atom stereocenters. The van der Waals surface area contributed by atoms with Gasteiger partial charge in [-0.2, -0.15) is 0 Å². The molecule has 3 N–H and O–H groups in total. The van der Waals surface area contributed by atoms with Crippen LogP contribution in [0.15, 0.2) is 30.0 Å². The van der Waals surface area contributed by atoms with Gasteiger partial charge in [-0.1, -0.05) is 12.1 Å². The van der Waals surface area contributed by atoms with Crippen LogP contribution in [-0.4, -0.2) is 23.1 Å². The van der Waals surface area contributed by atoms with Gasteiger partial charge in [0, 0.05) is 0 Å². The van der Waals surface area contributed by atoms with Gasteiger partial charge >= 0.3 is 0 Å². The number of rotatable bonds is 2. The van der Waals surface area contributed by atoms with E-state index in [2.05, 4.69) is 5.32 Å². The van der Waals surface area contributed by atoms with Crippen LogP contribution in [-0.2, 0) is 4.79 Å². The molecule has 0 saturated carbocycles. The number of nitrogens with two attached hydrogens (primary N) is 1. The zero-order chi connectivity index (χ0) is 12.4. The molecule has 0 bridgehead atoms. The molecule has 17 heavy (non-hydrogen) atoms. The highest BCUT2D eigenvalue weighted by Crippen LogP contribution is 2.15. The van der Waals surface area contributed by atoms with Crippen molar-refractivity contribution in [2.24, 2.45) is 5.84 Å². The SMILES string of the molecule is COc1ccc(/C=C2\NC(=S)N(N)C2=O)cc1. The summed E-state index contributed by atoms with van der Waals surface area (Å²) in [6, 6.07) is 7.29. The standard InChI is InChI=1S/C11H11N3O2S/c1-16-8-4-2-7(3-5-8)6-9-10(15)14(12)11(17)13-9/h2-6H,12H2,1H3,(H,13,17)/b9-6-. The van der Waals surface area contributed by atoms with Crippen LogP contribution < -0.4 is 15.9 Å². The first kappa shape index (κ1) is 11.6. The van der Waals surface area contributed by atoms with Crippen LogP contribution in [0.2, 0.25) is 0 Å². The molecule has 1 amide bonds. The number of nitrogens with zero attached hydrogens (tertiary/aromatic N) is 1. The lowest BCUT2D eigenvalue weighted by atomic mass is 10.2. The Labute approximate surface area is 104 Å². The quantitative estimate of drug-likeness (QED) is 0.348. The van der Waals surface area contributed by atoms with Gasteiger partial charge in [0.2, 0.25) is 0 Å². The molecule has 1 aliphatic heterocycles. The van der Waals surface area contributed by atoms with Crippen molar-refractivity contribution in [2.75, 3.05) is 7.11 Å². The van der Waals surface area contributed by atoms with Gasteiger partial charge < -0.3 is 10.1 Å². The molecule has 1 aromatic rings. The number of methoxy groups -OCH3 is 1. The van der Waals surface area contributed by atoms with E-state index in [0.29, 0.717) is 5.70 Å². The Kier molecular flexibility index (Phi) is 3.08. The summed E-state index contributed by atoms with van der Waals surface area (Å²) in [5, 5.41) is 3.85. The minimum absolute atomic E-state index is 0.203. The molecule has 0 spiro atoms. The Morgan fingerprint density at radius 1 is 1.41 bits per heavy atom. The van der Waals surface area contributed by atoms with E-state index in [0.717, 1.165) is 16.3 Å². The summed E-state index contributed by atoms with van der Waals surface area (Å²) >= 11 is 4.86. The number of amides is 1. The lowest BCUT2D eigenvalue weighted by Crippen LogP contribution is -2.36. The van der Waals surface area contributed by atoms with E-state index in [1.165, 1.54) is 0 Å². The van der Waals surface area contributed by atoms with E-state index >= 15 is 0 Å². The maximum absolute atomic E-state index is 11.6. The van der Waals surface area contributed by atoms with Crippen molar-refractivity contribution in [1.29, 1.82) is 0 Å². The van der Waals surface area contributed by atoms with Gasteiger partial charge in [-0.3, -0.25) is 4.79 Å². The molecule has 1 saturated heterocycles. The summed E-state index contributed by atoms with van der Waals surface area (Å²) in [5.41, 5.74) is 1.22. The second kappa shape index (κ2) is 4.52. The molecule has 0 aliphatic carbocycles. The molecule has 2 rings (SSSR count). The fraction of sp³-hybridized carbons (Fsp3) is 0.0909. The third kappa shape index (κ3) is 2.27. The normalized spacial score (nSPS) is 17.5. The summed E-state index contributed by atoms with van der Waals surface area (Å²) in [5.74, 6) is 5.85. The Hall–Kier alpha value is -1.92. The first-order valence-electron chi connectivity index (χ1n) is 4.87. The van der Waals surface area contributed by atoms with E-state index in [1.807, 2.05) is 24.3 Å². The van der Waals surface area contributed by atoms with Gasteiger partial charge in [0.15, 0.2) is 5.11 Å². The van der Waals surface area contributed by atoms with Crippen LogP contribution in [0.25, 0.3) is 6.08 Å². The molecule has 6 heteroatoms. The Balaban J connectivity index is 2.24. The molecule has 1 aliphatic rings. The topological polar surface area (TPSA) is 67.6 Å². The molecule has 1 aromatic carbocycles. The molecular weight excluding hydrogens is 238 g/mol. The van der Waals surface area contributed by atoms with Gasteiger partial charge in [0.1, 0.15) is 11.4 Å². The molecule has 0 radical (unpaired) electrons. The predicted molar refractivity (Wildman–Crippen MR) is 67.7 cm³/mol. The molecule has 0 unspecified atom stereocenters. The lowest BCUT2D eigenvalue weighted by molar-refractivity contribution is -0.122. The van der Waals surface area contributed by atoms with Crippen LogP contribution in [0.3, 0.4) is 0 Å². The summed E-state index contributed by atoms with van der Waals surface area (Å²) in [6.07, 6.45) is 1.68. The first-order chi connectivity index (χ1) is 8.11. The number of nitrogens with one attached hydrogen (secondary N) is 1. The molecular formula is C11H11N3O2S. The maximum Gasteiger partial charge on any atom is 0.290 e. The summed E-state index contributed by atoms with van der Waals surface area (Å²) in [6.45, 7) is 0. The molecule has 5 nitrogen and oxygen atoms in total. The van der Waals surface area contributed by atoms with Gasteiger partial charge in [-0.15, -0.1) is 0 Å². The number of carbonyl (C=O) groups is 1. The van der Waals surface area contributed by atoms with Crippen LogP contribution in [0.4, 0.5) is 0 Å². The fourth-order valence-corrected chi connectivity index (χ4v) is 1.61. The number of benzene rings is 1. The monoisotopic (exact) mass is 249 g/mol. The number of carbonyl (C=O) groups excluding carboxylic acids is 1. The Morgan fingerprint density at radius 3 is 2.53 bits per heavy atom. The number of hydrogen-bond donors (Lipinski definition) is 2. The van der Waals surface area contributed by atoms with Crippen molar-refractivity contribution in [3.05, 3.63) is 35.5 Å². The average molecular weight is 249 g/mol. The minimum Gasteiger partial charge on any atom is -0.497 e. The van der Waals surface area contributed by atoms with Gasteiger partial charge in [-0.05, 0) is 36.0 Å². The van der Waals surface area contributed by atoms with E-state index < -0.39 is 0 Å². The second-order valence-electron chi connectivity index (χ2n) is 3.44. The van der Waals surface area contributed by atoms with E-state index in [1.54, 1.807) is 13.2 Å². The van der Waals surface area contributed by atoms with Crippen molar-refractivity contribution in [2.45, 2.75) is 0 Å². The first-order valence-corrected chi connectivity index (χ1v) is 5.28. The minimum atomic E-state index is -0.342. The Bertz CT molecular complexity index is 496. The number of hydrogen-bond acceptors (Lipinski definition) is 4. The van der Waals surface area contributed by atoms with Crippen molar-refractivity contribution in [3.63, 3.8) is 0 Å². The third-order valence-electron chi connectivity index (χ3n) is 2.34. The van der Waals surface area contributed by atoms with Crippen LogP contribution >= 0.6 is 12.2 Å². The molecule has 1 heterocycles. The van der Waals surface area contributed by atoms with Gasteiger partial charge in [-0.25, -0.2) is 10.9 Å². The van der Waals surface area contributed by atoms with E-state index in [4.69, 9.17) is 22.8 Å². The van der Waals surface area contributed by atoms with Crippen molar-refractivity contribution in [1.82, 2.24) is 10.3 Å². The van der Waals surface area contributed by atoms with Crippen LogP contribution in [0.5, 0.6) is 5.75 Å². The van der Waals surface area contributed by atoms with Crippen molar-refractivity contribution < 1.29 is 9.53 Å². The van der Waals surface area contributed by atoms with E-state index in [9.17, 15) is 4.79 Å². The highest BCUT2D eigenvalue weighted by molar-refractivity contribution is 7.80. The smallest absolute Gasteiger partial charge is 0.290 e. The largest absolute Gasteiger partial charge is 0.497 e. The second-order valence-corrected chi connectivity index (χ2v) is 3.82. The zero-order valence-electron chi connectivity index (χ0n) is 9.14. The van der Waals surface area contributed by atoms with Gasteiger partial charge in [0.25, 0.3) is 5.91 Å². The zero-order valence-corrected chi connectivity index (χ0v) is 9.95. The maximum atomic E-state index is 11.6. The third-order valence-corrected chi connectivity index (χ3v) is 2.64. The van der Waals surface area contributed by atoms with Crippen molar-refractivity contribution in [3.8, 4) is 5.75 Å². The molecule has 1 fully saturated rings. The fourth-order valence-electron chi connectivity index (χ4n) is 1.42. The summed E-state index contributed by atoms with van der Waals surface area (Å²) in [7, 11) is 1.60. The summed E-state index contributed by atoms with van der Waals surface area (Å²) in [4.78, 5) is 11.6. The van der Waals surface area contributed by atoms with Gasteiger partial charge in [0.05, 0.1) is 7.11 Å². The average Bonchev–Trinajstić information content (AvgIpc) is 2.58. The number of ether oxygens (including phenoxy) is 1. The predicted octanol–water partition coefficient (Wildman–Crippen LogP) is 0.626. The Morgan fingerprint density at radius 2 is 2.06 bits per heavy atom. The number of thiocarbonyl (C=S) groups is 1. The number of hydrazine groups is 1. The lowest BCUT2D eigenvalue weighted by Gasteiger charge is -2.02. The summed E-state index contributed by atoms with van der Waals surface area (Å²) < 4.78 is 5.04. The van der Waals surface area contributed by atoms with Crippen LogP contribution in [0, 0.1) is 0 Å². The van der Waals surface area contributed by atoms with Crippen molar-refractivity contribution >= 4 is 29.3 Å². The van der Waals surface area contributed by atoms with Crippen LogP contribution in [0.1, 0.15) is 5.56 Å².